The Balaban J connectivity index is 1.26. The summed E-state index contributed by atoms with van der Waals surface area (Å²) in [5.74, 6) is 0.674. The molecule has 4 heteroatoms. The predicted molar refractivity (Wildman–Crippen MR) is 240 cm³/mol. The first kappa shape index (κ1) is 34.0. The summed E-state index contributed by atoms with van der Waals surface area (Å²) < 4.78 is 4.72. The fourth-order valence-corrected chi connectivity index (χ4v) is 8.23. The molecule has 0 aliphatic heterocycles. The van der Waals surface area contributed by atoms with E-state index in [0.717, 1.165) is 72.8 Å². The molecule has 0 saturated heterocycles. The lowest BCUT2D eigenvalue weighted by Crippen LogP contribution is -2.03. The number of hydrogen-bond donors (Lipinski definition) is 0. The van der Waals surface area contributed by atoms with Crippen LogP contribution in [0.25, 0.3) is 101 Å². The number of hydrogen-bond acceptors (Lipinski definition) is 2. The normalized spacial score (nSPS) is 11.6. The average molecular weight is 731 g/mol. The lowest BCUT2D eigenvalue weighted by atomic mass is 10.0. The molecule has 0 N–H and O–H groups in total. The highest BCUT2D eigenvalue weighted by molar-refractivity contribution is 6.09. The van der Waals surface area contributed by atoms with Crippen LogP contribution in [0.1, 0.15) is 18.2 Å². The van der Waals surface area contributed by atoms with Crippen molar-refractivity contribution in [2.45, 2.75) is 6.92 Å². The lowest BCUT2D eigenvalue weighted by Gasteiger charge is -2.17. The van der Waals surface area contributed by atoms with Crippen molar-refractivity contribution in [2.24, 2.45) is 0 Å². The Morgan fingerprint density at radius 2 is 0.912 bits per heavy atom. The van der Waals surface area contributed by atoms with Gasteiger partial charge in [0, 0.05) is 49.8 Å². The van der Waals surface area contributed by atoms with Gasteiger partial charge in [-0.1, -0.05) is 158 Å². The molecule has 0 spiro atoms. The maximum atomic E-state index is 5.33. The first-order valence-corrected chi connectivity index (χ1v) is 19.3. The van der Waals surface area contributed by atoms with Gasteiger partial charge in [0.15, 0.2) is 5.82 Å². The molecule has 0 fully saturated rings. The summed E-state index contributed by atoms with van der Waals surface area (Å²) in [5.41, 5.74) is 14.6. The Kier molecular flexibility index (Phi) is 8.50. The van der Waals surface area contributed by atoms with Crippen molar-refractivity contribution in [1.29, 1.82) is 0 Å². The van der Waals surface area contributed by atoms with E-state index in [9.17, 15) is 0 Å². The highest BCUT2D eigenvalue weighted by Crippen LogP contribution is 2.38. The molecule has 0 aliphatic carbocycles. The predicted octanol–water partition coefficient (Wildman–Crippen LogP) is 13.9. The van der Waals surface area contributed by atoms with Gasteiger partial charge in [-0.05, 0) is 66.6 Å². The maximum absolute atomic E-state index is 5.33. The van der Waals surface area contributed by atoms with Gasteiger partial charge in [0.25, 0.3) is 0 Å². The van der Waals surface area contributed by atoms with Crippen molar-refractivity contribution in [1.82, 2.24) is 19.1 Å². The largest absolute Gasteiger partial charge is 0.309 e. The summed E-state index contributed by atoms with van der Waals surface area (Å²) in [4.78, 5) is 10.5. The molecule has 0 radical (unpaired) electrons. The summed E-state index contributed by atoms with van der Waals surface area (Å²) in [6, 6.07) is 64.3. The fourth-order valence-electron chi connectivity index (χ4n) is 8.23. The smallest absolute Gasteiger partial charge is 0.160 e. The SMILES string of the molecule is C=Cc1c(/C=C\C)c2ccccc2n1-c1cc(-c2cc(-c3ccc(-c4ccccc4)cc3)nc(-c3ccccc3)n2)cc(-n2c3ccccc3c3ccccc32)c1. The van der Waals surface area contributed by atoms with E-state index in [2.05, 4.69) is 193 Å². The van der Waals surface area contributed by atoms with Gasteiger partial charge in [0.1, 0.15) is 0 Å². The van der Waals surface area contributed by atoms with Crippen LogP contribution < -0.4 is 0 Å². The van der Waals surface area contributed by atoms with Gasteiger partial charge in [0.2, 0.25) is 0 Å². The second kappa shape index (κ2) is 14.3. The number of rotatable bonds is 8. The fraction of sp³-hybridized carbons (Fsp3) is 0.0189. The summed E-state index contributed by atoms with van der Waals surface area (Å²) in [7, 11) is 0. The Morgan fingerprint density at radius 3 is 1.51 bits per heavy atom. The molecule has 0 saturated carbocycles. The molecule has 10 rings (SSSR count). The van der Waals surface area contributed by atoms with E-state index in [1.54, 1.807) is 0 Å². The van der Waals surface area contributed by atoms with Crippen molar-refractivity contribution in [2.75, 3.05) is 0 Å². The highest BCUT2D eigenvalue weighted by atomic mass is 15.0. The molecule has 0 amide bonds. The number of fused-ring (bicyclic) bond motifs is 4. The third-order valence-corrected chi connectivity index (χ3v) is 10.8. The Bertz CT molecular complexity index is 3080. The topological polar surface area (TPSA) is 35.6 Å². The van der Waals surface area contributed by atoms with E-state index in [0.29, 0.717) is 5.82 Å². The van der Waals surface area contributed by atoms with Gasteiger partial charge in [-0.25, -0.2) is 9.97 Å². The van der Waals surface area contributed by atoms with Gasteiger partial charge < -0.3 is 9.13 Å². The van der Waals surface area contributed by atoms with Crippen LogP contribution in [0.2, 0.25) is 0 Å². The number of allylic oxidation sites excluding steroid dienone is 1. The minimum atomic E-state index is 0.674. The molecule has 0 aliphatic rings. The standard InChI is InChI=1S/C53H38N4/c1-3-17-43-44-22-11-14-25-50(44)56(49(43)4-2)41-32-40(33-42(34-41)57-51-26-15-12-23-45(51)46-24-13-16-27-52(46)57)48-35-47(54-53(55-48)39-20-9-6-10-21-39)38-30-28-37(29-31-38)36-18-7-5-8-19-36/h3-35H,2H2,1H3/b17-3-. The molecule has 7 aromatic carbocycles. The minimum absolute atomic E-state index is 0.674. The third kappa shape index (κ3) is 5.96. The molecular weight excluding hydrogens is 693 g/mol. The van der Waals surface area contributed by atoms with E-state index < -0.39 is 0 Å². The van der Waals surface area contributed by atoms with E-state index >= 15 is 0 Å². The molecule has 4 nitrogen and oxygen atoms in total. The van der Waals surface area contributed by atoms with Crippen molar-refractivity contribution in [3.8, 4) is 56.4 Å². The van der Waals surface area contributed by atoms with E-state index in [4.69, 9.17) is 9.97 Å². The van der Waals surface area contributed by atoms with Crippen LogP contribution in [-0.4, -0.2) is 19.1 Å². The number of nitrogens with zero attached hydrogens (tertiary/aromatic N) is 4. The average Bonchev–Trinajstić information content (AvgIpc) is 3.79. The van der Waals surface area contributed by atoms with Gasteiger partial charge in [0.05, 0.1) is 33.6 Å². The summed E-state index contributed by atoms with van der Waals surface area (Å²) in [6.45, 7) is 6.39. The van der Waals surface area contributed by atoms with Crippen LogP contribution in [0, 0.1) is 0 Å². The molecule has 10 aromatic rings. The zero-order chi connectivity index (χ0) is 38.3. The molecule has 0 atom stereocenters. The first-order chi connectivity index (χ1) is 28.2. The zero-order valence-corrected chi connectivity index (χ0v) is 31.5. The highest BCUT2D eigenvalue weighted by Gasteiger charge is 2.20. The lowest BCUT2D eigenvalue weighted by molar-refractivity contribution is 1.08. The van der Waals surface area contributed by atoms with Crippen molar-refractivity contribution in [3.63, 3.8) is 0 Å². The van der Waals surface area contributed by atoms with Gasteiger partial charge in [-0.2, -0.15) is 0 Å². The molecule has 270 valence electrons. The van der Waals surface area contributed by atoms with Gasteiger partial charge in [-0.15, -0.1) is 0 Å². The molecule has 0 bridgehead atoms. The van der Waals surface area contributed by atoms with Crippen LogP contribution in [0.5, 0.6) is 0 Å². The van der Waals surface area contributed by atoms with E-state index in [-0.39, 0.29) is 0 Å². The summed E-state index contributed by atoms with van der Waals surface area (Å²) >= 11 is 0. The monoisotopic (exact) mass is 730 g/mol. The van der Waals surface area contributed by atoms with Gasteiger partial charge in [-0.3, -0.25) is 0 Å². The Morgan fingerprint density at radius 1 is 0.439 bits per heavy atom. The van der Waals surface area contributed by atoms with E-state index in [1.165, 1.54) is 21.7 Å². The van der Waals surface area contributed by atoms with Crippen LogP contribution in [-0.2, 0) is 0 Å². The van der Waals surface area contributed by atoms with Crippen LogP contribution >= 0.6 is 0 Å². The molecule has 3 heterocycles. The van der Waals surface area contributed by atoms with Crippen LogP contribution in [0.15, 0.2) is 195 Å². The second-order valence-corrected chi connectivity index (χ2v) is 14.2. The Labute approximate surface area is 332 Å². The van der Waals surface area contributed by atoms with Gasteiger partial charge >= 0.3 is 0 Å². The minimum Gasteiger partial charge on any atom is -0.309 e. The molecule has 3 aromatic heterocycles. The van der Waals surface area contributed by atoms with Crippen molar-refractivity contribution >= 4 is 44.9 Å². The zero-order valence-electron chi connectivity index (χ0n) is 31.5. The van der Waals surface area contributed by atoms with Crippen LogP contribution in [0.4, 0.5) is 0 Å². The quantitative estimate of drug-likeness (QED) is 0.156. The maximum Gasteiger partial charge on any atom is 0.160 e. The number of para-hydroxylation sites is 3. The Hall–Kier alpha value is -7.56. The molecule has 57 heavy (non-hydrogen) atoms. The third-order valence-electron chi connectivity index (χ3n) is 10.8. The molecule has 0 unspecified atom stereocenters. The van der Waals surface area contributed by atoms with Crippen LogP contribution in [0.3, 0.4) is 0 Å². The first-order valence-electron chi connectivity index (χ1n) is 19.3. The second-order valence-electron chi connectivity index (χ2n) is 14.2. The number of aromatic nitrogens is 4. The van der Waals surface area contributed by atoms with Crippen molar-refractivity contribution < 1.29 is 0 Å². The van der Waals surface area contributed by atoms with Crippen molar-refractivity contribution in [3.05, 3.63) is 206 Å². The summed E-state index contributed by atoms with van der Waals surface area (Å²) in [6.07, 6.45) is 6.25. The molecular formula is C53H38N4. The van der Waals surface area contributed by atoms with E-state index in [1.807, 2.05) is 30.3 Å². The summed E-state index contributed by atoms with van der Waals surface area (Å²) in [5, 5.41) is 3.59. The number of benzene rings is 7.